The number of aryl methyl sites for hydroxylation is 1. The maximum Gasteiger partial charge on any atom is 0.123 e. The molecule has 2 atom stereocenters. The van der Waals surface area contributed by atoms with Crippen molar-refractivity contribution in [2.45, 2.75) is 59.3 Å². The first-order chi connectivity index (χ1) is 9.93. The molecule has 1 aliphatic rings. The molecule has 1 unspecified atom stereocenters. The second kappa shape index (κ2) is 6.55. The average molecular weight is 288 g/mol. The molecule has 0 aromatic heterocycles. The molecule has 0 saturated carbocycles. The van der Waals surface area contributed by atoms with Crippen molar-refractivity contribution in [1.29, 1.82) is 0 Å². The Labute approximate surface area is 128 Å². The summed E-state index contributed by atoms with van der Waals surface area (Å²) < 4.78 is 0. The van der Waals surface area contributed by atoms with Crippen LogP contribution in [0.25, 0.3) is 0 Å². The smallest absolute Gasteiger partial charge is 0.123 e. The predicted molar refractivity (Wildman–Crippen MR) is 87.8 cm³/mol. The summed E-state index contributed by atoms with van der Waals surface area (Å²) >= 11 is 0. The van der Waals surface area contributed by atoms with Gasteiger partial charge in [-0.15, -0.1) is 0 Å². The van der Waals surface area contributed by atoms with Gasteiger partial charge in [0.15, 0.2) is 0 Å². The number of hydrogen-bond acceptors (Lipinski definition) is 2. The van der Waals surface area contributed by atoms with E-state index in [1.165, 1.54) is 5.57 Å². The van der Waals surface area contributed by atoms with Crippen LogP contribution in [0.1, 0.15) is 64.0 Å². The Kier molecular flexibility index (Phi) is 4.97. The number of allylic oxidation sites excluding steroid dienone is 2. The van der Waals surface area contributed by atoms with Gasteiger partial charge in [0.05, 0.1) is 0 Å². The normalized spacial score (nSPS) is 22.4. The van der Waals surface area contributed by atoms with Gasteiger partial charge in [-0.2, -0.15) is 0 Å². The highest BCUT2D eigenvalue weighted by atomic mass is 16.3. The first kappa shape index (κ1) is 15.9. The Hall–Kier alpha value is -1.44. The lowest BCUT2D eigenvalue weighted by molar-refractivity contribution is 0.304. The summed E-state index contributed by atoms with van der Waals surface area (Å²) in [4.78, 5) is 0. The number of rotatable bonds is 4. The first-order valence-electron chi connectivity index (χ1n) is 8.16. The van der Waals surface area contributed by atoms with Crippen LogP contribution in [0, 0.1) is 11.8 Å². The summed E-state index contributed by atoms with van der Waals surface area (Å²) in [6, 6.07) is 3.65. The van der Waals surface area contributed by atoms with E-state index in [4.69, 9.17) is 0 Å². The Morgan fingerprint density at radius 2 is 1.81 bits per heavy atom. The lowest BCUT2D eigenvalue weighted by Gasteiger charge is -2.33. The van der Waals surface area contributed by atoms with Crippen LogP contribution in [-0.2, 0) is 6.42 Å². The number of phenolic OH excluding ortho intramolecular Hbond substituents is 2. The third kappa shape index (κ3) is 3.42. The van der Waals surface area contributed by atoms with E-state index in [9.17, 15) is 10.2 Å². The highest BCUT2D eigenvalue weighted by Gasteiger charge is 2.31. The zero-order valence-corrected chi connectivity index (χ0v) is 13.7. The molecule has 2 N–H and O–H groups in total. The molecular weight excluding hydrogens is 260 g/mol. The van der Waals surface area contributed by atoms with E-state index >= 15 is 0 Å². The quantitative estimate of drug-likeness (QED) is 0.752. The maximum absolute atomic E-state index is 10.4. The molecule has 0 fully saturated rings. The SMILES string of the molecule is CCCc1cc(O)c([C@@H]2C=C(C)CCC2C(C)C)c(O)c1. The lowest BCUT2D eigenvalue weighted by Crippen LogP contribution is -2.21. The van der Waals surface area contributed by atoms with E-state index in [2.05, 4.69) is 33.8 Å². The van der Waals surface area contributed by atoms with Crippen molar-refractivity contribution in [2.75, 3.05) is 0 Å². The first-order valence-corrected chi connectivity index (χ1v) is 8.16. The fraction of sp³-hybridized carbons (Fsp3) is 0.579. The Balaban J connectivity index is 2.45. The van der Waals surface area contributed by atoms with Crippen LogP contribution < -0.4 is 0 Å². The molecule has 0 radical (unpaired) electrons. The molecule has 0 heterocycles. The van der Waals surface area contributed by atoms with Crippen LogP contribution in [0.15, 0.2) is 23.8 Å². The number of aromatic hydroxyl groups is 2. The van der Waals surface area contributed by atoms with E-state index in [0.29, 0.717) is 17.4 Å². The summed E-state index contributed by atoms with van der Waals surface area (Å²) in [5.74, 6) is 1.63. The van der Waals surface area contributed by atoms with Crippen LogP contribution in [0.2, 0.25) is 0 Å². The number of benzene rings is 1. The second-order valence-electron chi connectivity index (χ2n) is 6.78. The van der Waals surface area contributed by atoms with Gasteiger partial charge in [0.25, 0.3) is 0 Å². The van der Waals surface area contributed by atoms with Crippen molar-refractivity contribution in [3.05, 3.63) is 34.9 Å². The molecule has 1 aromatic carbocycles. The third-order valence-corrected chi connectivity index (χ3v) is 4.72. The van der Waals surface area contributed by atoms with Crippen LogP contribution in [0.3, 0.4) is 0 Å². The van der Waals surface area contributed by atoms with Gasteiger partial charge >= 0.3 is 0 Å². The van der Waals surface area contributed by atoms with Crippen molar-refractivity contribution in [1.82, 2.24) is 0 Å². The topological polar surface area (TPSA) is 40.5 Å². The monoisotopic (exact) mass is 288 g/mol. The van der Waals surface area contributed by atoms with Crippen molar-refractivity contribution < 1.29 is 10.2 Å². The third-order valence-electron chi connectivity index (χ3n) is 4.72. The highest BCUT2D eigenvalue weighted by Crippen LogP contribution is 2.46. The molecule has 2 nitrogen and oxygen atoms in total. The minimum Gasteiger partial charge on any atom is -0.507 e. The van der Waals surface area contributed by atoms with Gasteiger partial charge < -0.3 is 10.2 Å². The molecule has 0 saturated heterocycles. The fourth-order valence-corrected chi connectivity index (χ4v) is 3.59. The van der Waals surface area contributed by atoms with Gasteiger partial charge in [-0.25, -0.2) is 0 Å². The van der Waals surface area contributed by atoms with E-state index in [1.807, 2.05) is 12.1 Å². The van der Waals surface area contributed by atoms with Gasteiger partial charge in [-0.3, -0.25) is 0 Å². The van der Waals surface area contributed by atoms with Gasteiger partial charge in [-0.1, -0.05) is 38.8 Å². The number of phenols is 2. The zero-order valence-electron chi connectivity index (χ0n) is 13.7. The second-order valence-corrected chi connectivity index (χ2v) is 6.78. The molecular formula is C19H28O2. The van der Waals surface area contributed by atoms with Crippen molar-refractivity contribution in [2.24, 2.45) is 11.8 Å². The van der Waals surface area contributed by atoms with Gasteiger partial charge in [0, 0.05) is 11.5 Å². The van der Waals surface area contributed by atoms with Crippen molar-refractivity contribution in [3.8, 4) is 11.5 Å². The van der Waals surface area contributed by atoms with Crippen molar-refractivity contribution in [3.63, 3.8) is 0 Å². The zero-order chi connectivity index (χ0) is 15.6. The Morgan fingerprint density at radius 1 is 1.19 bits per heavy atom. The van der Waals surface area contributed by atoms with Gasteiger partial charge in [0.2, 0.25) is 0 Å². The minimum atomic E-state index is 0.120. The molecule has 1 aliphatic carbocycles. The van der Waals surface area contributed by atoms with Crippen molar-refractivity contribution >= 4 is 0 Å². The molecule has 116 valence electrons. The van der Waals surface area contributed by atoms with Crippen LogP contribution in [0.5, 0.6) is 11.5 Å². The van der Waals surface area contributed by atoms with Crippen LogP contribution in [0.4, 0.5) is 0 Å². The predicted octanol–water partition coefficient (Wildman–Crippen LogP) is 5.15. The van der Waals surface area contributed by atoms with Gasteiger partial charge in [0.1, 0.15) is 11.5 Å². The van der Waals surface area contributed by atoms with E-state index in [-0.39, 0.29) is 17.4 Å². The van der Waals surface area contributed by atoms with Crippen LogP contribution >= 0.6 is 0 Å². The molecule has 2 rings (SSSR count). The molecule has 0 bridgehead atoms. The largest absolute Gasteiger partial charge is 0.507 e. The Morgan fingerprint density at radius 3 is 2.33 bits per heavy atom. The molecule has 2 heteroatoms. The van der Waals surface area contributed by atoms with E-state index in [1.54, 1.807) is 0 Å². The fourth-order valence-electron chi connectivity index (χ4n) is 3.59. The van der Waals surface area contributed by atoms with E-state index < -0.39 is 0 Å². The Bertz CT molecular complexity index is 505. The average Bonchev–Trinajstić information content (AvgIpc) is 2.38. The molecule has 21 heavy (non-hydrogen) atoms. The summed E-state index contributed by atoms with van der Waals surface area (Å²) in [6.07, 6.45) is 6.38. The van der Waals surface area contributed by atoms with E-state index in [0.717, 1.165) is 31.2 Å². The lowest BCUT2D eigenvalue weighted by atomic mass is 9.71. The number of hydrogen-bond donors (Lipinski definition) is 2. The molecule has 0 aliphatic heterocycles. The minimum absolute atomic E-state index is 0.120. The summed E-state index contributed by atoms with van der Waals surface area (Å²) in [7, 11) is 0. The molecule has 0 spiro atoms. The summed E-state index contributed by atoms with van der Waals surface area (Å²) in [6.45, 7) is 8.70. The molecule has 1 aromatic rings. The standard InChI is InChI=1S/C19H28O2/c1-5-6-14-10-17(20)19(18(21)11-14)16-9-13(4)7-8-15(16)12(2)3/h9-12,15-16,20-21H,5-8H2,1-4H3/t15?,16-/m1/s1. The maximum atomic E-state index is 10.4. The van der Waals surface area contributed by atoms with Gasteiger partial charge in [-0.05, 0) is 55.7 Å². The summed E-state index contributed by atoms with van der Waals surface area (Å²) in [5, 5.41) is 20.9. The highest BCUT2D eigenvalue weighted by molar-refractivity contribution is 5.51. The van der Waals surface area contributed by atoms with Crippen LogP contribution in [-0.4, -0.2) is 10.2 Å². The summed E-state index contributed by atoms with van der Waals surface area (Å²) in [5.41, 5.74) is 3.08. The molecule has 0 amide bonds.